The number of urea groups is 1. The molecule has 3 amide bonds. The average Bonchev–Trinajstić information content (AvgIpc) is 2.77. The first-order valence-electron chi connectivity index (χ1n) is 9.63. The van der Waals surface area contributed by atoms with E-state index in [1.54, 1.807) is 17.3 Å². The quantitative estimate of drug-likeness (QED) is 0.741. The van der Waals surface area contributed by atoms with Gasteiger partial charge in [0.05, 0.1) is 7.11 Å². The number of hydrogen-bond acceptors (Lipinski definition) is 7. The van der Waals surface area contributed by atoms with E-state index in [1.807, 2.05) is 12.1 Å². The van der Waals surface area contributed by atoms with Crippen LogP contribution in [-0.4, -0.2) is 85.6 Å². The number of aromatic nitrogens is 1. The third-order valence-corrected chi connectivity index (χ3v) is 5.28. The molecule has 2 aliphatic heterocycles. The van der Waals surface area contributed by atoms with E-state index in [1.165, 1.54) is 7.11 Å². The number of carbonyl (C=O) groups is 3. The summed E-state index contributed by atoms with van der Waals surface area (Å²) in [4.78, 5) is 46.7. The van der Waals surface area contributed by atoms with Crippen molar-refractivity contribution >= 4 is 23.6 Å². The van der Waals surface area contributed by atoms with E-state index < -0.39 is 12.0 Å². The Kier molecular flexibility index (Phi) is 6.80. The van der Waals surface area contributed by atoms with Crippen molar-refractivity contribution in [2.24, 2.45) is 5.92 Å². The number of ether oxygens (including phenoxy) is 1. The number of esters is 1. The highest BCUT2D eigenvalue weighted by Gasteiger charge is 2.35. The van der Waals surface area contributed by atoms with Gasteiger partial charge >= 0.3 is 12.0 Å². The highest BCUT2D eigenvalue weighted by Crippen LogP contribution is 2.19. The summed E-state index contributed by atoms with van der Waals surface area (Å²) in [5.41, 5.74) is 1.05. The minimum atomic E-state index is -0.592. The van der Waals surface area contributed by atoms with E-state index >= 15 is 0 Å². The molecule has 9 heteroatoms. The first-order chi connectivity index (χ1) is 13.6. The van der Waals surface area contributed by atoms with Crippen LogP contribution in [0.25, 0.3) is 0 Å². The Morgan fingerprint density at radius 3 is 2.39 bits per heavy atom. The number of rotatable bonds is 4. The van der Waals surface area contributed by atoms with E-state index in [4.69, 9.17) is 4.74 Å². The number of piperazine rings is 1. The van der Waals surface area contributed by atoms with Gasteiger partial charge in [0.1, 0.15) is 6.54 Å². The lowest BCUT2D eigenvalue weighted by molar-refractivity contribution is -0.147. The van der Waals surface area contributed by atoms with Crippen molar-refractivity contribution in [1.29, 1.82) is 0 Å². The van der Waals surface area contributed by atoms with Crippen molar-refractivity contribution in [3.63, 3.8) is 0 Å². The second kappa shape index (κ2) is 9.50. The zero-order valence-corrected chi connectivity index (χ0v) is 16.2. The van der Waals surface area contributed by atoms with E-state index in [-0.39, 0.29) is 18.4 Å². The summed E-state index contributed by atoms with van der Waals surface area (Å²) < 4.78 is 4.70. The van der Waals surface area contributed by atoms with E-state index in [0.29, 0.717) is 39.0 Å². The SMILES string of the molecule is COC(=O)CN(C(=O)C1CCNCC1)C(=O)N1CCN(c2ccncc2)CC1. The normalized spacial score (nSPS) is 17.9. The molecule has 28 heavy (non-hydrogen) atoms. The lowest BCUT2D eigenvalue weighted by Crippen LogP contribution is -2.56. The molecule has 1 N–H and O–H groups in total. The van der Waals surface area contributed by atoms with E-state index in [0.717, 1.165) is 23.7 Å². The summed E-state index contributed by atoms with van der Waals surface area (Å²) in [5, 5.41) is 3.21. The number of hydrogen-bond donors (Lipinski definition) is 1. The predicted octanol–water partition coefficient (Wildman–Crippen LogP) is 0.325. The van der Waals surface area contributed by atoms with Gasteiger partial charge < -0.3 is 19.9 Å². The molecule has 0 spiro atoms. The third kappa shape index (κ3) is 4.78. The summed E-state index contributed by atoms with van der Waals surface area (Å²) >= 11 is 0. The van der Waals surface area contributed by atoms with Gasteiger partial charge in [0, 0.05) is 50.2 Å². The Balaban J connectivity index is 1.65. The van der Waals surface area contributed by atoms with Gasteiger partial charge in [0.2, 0.25) is 5.91 Å². The van der Waals surface area contributed by atoms with Gasteiger partial charge in [-0.05, 0) is 38.1 Å². The smallest absolute Gasteiger partial charge is 0.327 e. The maximum Gasteiger partial charge on any atom is 0.327 e. The molecule has 1 aromatic heterocycles. The molecule has 152 valence electrons. The molecule has 2 aliphatic rings. The van der Waals surface area contributed by atoms with Crippen molar-refractivity contribution in [2.45, 2.75) is 12.8 Å². The number of imide groups is 1. The van der Waals surface area contributed by atoms with Gasteiger partial charge in [-0.3, -0.25) is 19.5 Å². The molecule has 0 aliphatic carbocycles. The number of amides is 3. The number of methoxy groups -OCH3 is 1. The minimum Gasteiger partial charge on any atom is -0.468 e. The van der Waals surface area contributed by atoms with Crippen LogP contribution in [0.5, 0.6) is 0 Å². The van der Waals surface area contributed by atoms with Crippen LogP contribution >= 0.6 is 0 Å². The molecule has 9 nitrogen and oxygen atoms in total. The minimum absolute atomic E-state index is 0.243. The molecule has 3 rings (SSSR count). The number of nitrogens with zero attached hydrogens (tertiary/aromatic N) is 4. The third-order valence-electron chi connectivity index (χ3n) is 5.28. The van der Waals surface area contributed by atoms with Crippen LogP contribution in [0.4, 0.5) is 10.5 Å². The number of anilines is 1. The Morgan fingerprint density at radius 2 is 1.79 bits per heavy atom. The van der Waals surface area contributed by atoms with Crippen molar-refractivity contribution in [1.82, 2.24) is 20.1 Å². The molecule has 0 radical (unpaired) electrons. The van der Waals surface area contributed by atoms with E-state index in [9.17, 15) is 14.4 Å². The number of carbonyl (C=O) groups excluding carboxylic acids is 3. The molecular formula is C19H27N5O4. The highest BCUT2D eigenvalue weighted by molar-refractivity contribution is 5.98. The first kappa shape index (κ1) is 20.1. The van der Waals surface area contributed by atoms with Crippen LogP contribution in [0.2, 0.25) is 0 Å². The largest absolute Gasteiger partial charge is 0.468 e. The molecule has 0 saturated carbocycles. The molecule has 1 aromatic rings. The first-order valence-corrected chi connectivity index (χ1v) is 9.63. The highest BCUT2D eigenvalue weighted by atomic mass is 16.5. The van der Waals surface area contributed by atoms with Gasteiger partial charge in [-0.2, -0.15) is 0 Å². The molecule has 0 aromatic carbocycles. The Hall–Kier alpha value is -2.68. The predicted molar refractivity (Wildman–Crippen MR) is 103 cm³/mol. The molecule has 3 heterocycles. The molecule has 0 bridgehead atoms. The summed E-state index contributed by atoms with van der Waals surface area (Å²) in [7, 11) is 1.26. The van der Waals surface area contributed by atoms with Gasteiger partial charge in [-0.1, -0.05) is 0 Å². The molecule has 2 saturated heterocycles. The molecule has 0 unspecified atom stereocenters. The van der Waals surface area contributed by atoms with Gasteiger partial charge in [-0.15, -0.1) is 0 Å². The fraction of sp³-hybridized carbons (Fsp3) is 0.579. The topological polar surface area (TPSA) is 95.1 Å². The van der Waals surface area contributed by atoms with Crippen LogP contribution in [0.1, 0.15) is 12.8 Å². The number of nitrogens with one attached hydrogen (secondary N) is 1. The number of piperidine rings is 1. The Bertz CT molecular complexity index is 685. The van der Waals surface area contributed by atoms with Gasteiger partial charge in [0.15, 0.2) is 0 Å². The monoisotopic (exact) mass is 389 g/mol. The molecular weight excluding hydrogens is 362 g/mol. The second-order valence-corrected chi connectivity index (χ2v) is 6.99. The summed E-state index contributed by atoms with van der Waals surface area (Å²) in [5.74, 6) is -1.12. The fourth-order valence-electron chi connectivity index (χ4n) is 3.60. The van der Waals surface area contributed by atoms with Crippen LogP contribution in [0.15, 0.2) is 24.5 Å². The molecule has 2 fully saturated rings. The maximum atomic E-state index is 13.1. The Morgan fingerprint density at radius 1 is 1.14 bits per heavy atom. The second-order valence-electron chi connectivity index (χ2n) is 6.99. The Labute approximate surface area is 164 Å². The van der Waals surface area contributed by atoms with Crippen LogP contribution in [-0.2, 0) is 14.3 Å². The van der Waals surface area contributed by atoms with Crippen LogP contribution < -0.4 is 10.2 Å². The summed E-state index contributed by atoms with van der Waals surface area (Å²) in [6.45, 7) is 3.41. The molecule has 0 atom stereocenters. The van der Waals surface area contributed by atoms with Crippen LogP contribution in [0.3, 0.4) is 0 Å². The fourth-order valence-corrected chi connectivity index (χ4v) is 3.60. The van der Waals surface area contributed by atoms with Crippen molar-refractivity contribution in [3.8, 4) is 0 Å². The standard InChI is InChI=1S/C19H27N5O4/c1-28-17(25)14-24(18(26)15-2-6-20-7-3-15)19(27)23-12-10-22(11-13-23)16-4-8-21-9-5-16/h4-5,8-9,15,20H,2-3,6-7,10-14H2,1H3. The van der Waals surface area contributed by atoms with Crippen LogP contribution in [0, 0.1) is 5.92 Å². The van der Waals surface area contributed by atoms with Crippen molar-refractivity contribution in [3.05, 3.63) is 24.5 Å². The number of pyridine rings is 1. The summed E-state index contributed by atoms with van der Waals surface area (Å²) in [6.07, 6.45) is 4.81. The zero-order chi connectivity index (χ0) is 19.9. The van der Waals surface area contributed by atoms with Gasteiger partial charge in [0.25, 0.3) is 0 Å². The zero-order valence-electron chi connectivity index (χ0n) is 16.2. The summed E-state index contributed by atoms with van der Waals surface area (Å²) in [6, 6.07) is 3.45. The van der Waals surface area contributed by atoms with Gasteiger partial charge in [-0.25, -0.2) is 4.79 Å². The van der Waals surface area contributed by atoms with Crippen molar-refractivity contribution < 1.29 is 19.1 Å². The van der Waals surface area contributed by atoms with E-state index in [2.05, 4.69) is 15.2 Å². The maximum absolute atomic E-state index is 13.1. The van der Waals surface area contributed by atoms with Crippen molar-refractivity contribution in [2.75, 3.05) is 57.8 Å². The average molecular weight is 389 g/mol. The lowest BCUT2D eigenvalue weighted by atomic mass is 9.96. The lowest BCUT2D eigenvalue weighted by Gasteiger charge is -2.38.